The largest absolute Gasteiger partial charge is 0.491 e. The molecule has 3 N–H and O–H groups in total. The topological polar surface area (TPSA) is 75.8 Å². The Balaban J connectivity index is 1.95. The Morgan fingerprint density at radius 3 is 2.61 bits per heavy atom. The molecule has 128 valence electrons. The molecule has 0 aromatic heterocycles. The molecule has 1 aromatic rings. The Morgan fingerprint density at radius 2 is 2.00 bits per heavy atom. The number of hydrogen-bond acceptors (Lipinski definition) is 4. The fourth-order valence-electron chi connectivity index (χ4n) is 2.96. The van der Waals surface area contributed by atoms with Crippen molar-refractivity contribution < 1.29 is 14.6 Å². The van der Waals surface area contributed by atoms with Crippen LogP contribution in [-0.2, 0) is 4.79 Å². The maximum atomic E-state index is 11.0. The van der Waals surface area contributed by atoms with Gasteiger partial charge >= 0.3 is 0 Å². The number of likely N-dealkylation sites (tertiary alicyclic amines) is 1. The van der Waals surface area contributed by atoms with Crippen molar-refractivity contribution in [2.75, 3.05) is 26.2 Å². The minimum Gasteiger partial charge on any atom is -0.491 e. The normalized spacial score (nSPS) is 22.6. The van der Waals surface area contributed by atoms with E-state index in [1.807, 2.05) is 30.9 Å². The number of amides is 1. The maximum Gasteiger partial charge on any atom is 0.231 e. The van der Waals surface area contributed by atoms with Crippen LogP contribution in [0.1, 0.15) is 30.4 Å². The molecule has 0 spiro atoms. The van der Waals surface area contributed by atoms with Crippen molar-refractivity contribution in [2.45, 2.75) is 38.7 Å². The van der Waals surface area contributed by atoms with E-state index < -0.39 is 5.60 Å². The van der Waals surface area contributed by atoms with E-state index in [-0.39, 0.29) is 19.1 Å². The summed E-state index contributed by atoms with van der Waals surface area (Å²) in [5.74, 6) is 0.384. The molecular weight excluding hydrogens is 316 g/mol. The van der Waals surface area contributed by atoms with E-state index in [1.54, 1.807) is 0 Å². The summed E-state index contributed by atoms with van der Waals surface area (Å²) < 4.78 is 5.82. The highest BCUT2D eigenvalue weighted by molar-refractivity contribution is 6.32. The number of nitrogens with two attached hydrogens (primary N) is 1. The number of benzene rings is 1. The molecule has 0 aliphatic carbocycles. The molecule has 1 saturated heterocycles. The van der Waals surface area contributed by atoms with Crippen molar-refractivity contribution in [3.05, 3.63) is 28.3 Å². The van der Waals surface area contributed by atoms with E-state index in [2.05, 4.69) is 0 Å². The standard InChI is InChI=1S/C17H25ClN2O3/c1-12-8-14(9-13(2)16(12)18)23-11-17(22)4-3-6-20(7-5-17)10-15(19)21/h8-9,22H,3-7,10-11H2,1-2H3,(H2,19,21). The van der Waals surface area contributed by atoms with Gasteiger partial charge in [0.05, 0.1) is 12.1 Å². The Hall–Kier alpha value is -1.30. The first-order valence-electron chi connectivity index (χ1n) is 7.92. The highest BCUT2D eigenvalue weighted by atomic mass is 35.5. The summed E-state index contributed by atoms with van der Waals surface area (Å²) in [6, 6.07) is 3.77. The molecule has 1 amide bonds. The van der Waals surface area contributed by atoms with Crippen LogP contribution in [0.25, 0.3) is 0 Å². The number of hydrogen-bond donors (Lipinski definition) is 2. The SMILES string of the molecule is Cc1cc(OCC2(O)CCCN(CC(N)=O)CC2)cc(C)c1Cl. The number of nitrogens with zero attached hydrogens (tertiary/aromatic N) is 1. The van der Waals surface area contributed by atoms with Crippen LogP contribution in [0.2, 0.25) is 5.02 Å². The monoisotopic (exact) mass is 340 g/mol. The third-order valence-electron chi connectivity index (χ3n) is 4.31. The van der Waals surface area contributed by atoms with Crippen LogP contribution in [0.5, 0.6) is 5.75 Å². The minimum atomic E-state index is -0.881. The lowest BCUT2D eigenvalue weighted by Gasteiger charge is -2.27. The van der Waals surface area contributed by atoms with Gasteiger partial charge in [0.15, 0.2) is 0 Å². The van der Waals surface area contributed by atoms with E-state index in [4.69, 9.17) is 22.1 Å². The first-order chi connectivity index (χ1) is 10.8. The quantitative estimate of drug-likeness (QED) is 0.860. The van der Waals surface area contributed by atoms with Crippen molar-refractivity contribution in [2.24, 2.45) is 5.73 Å². The van der Waals surface area contributed by atoms with Gasteiger partial charge in [-0.1, -0.05) is 11.6 Å². The summed E-state index contributed by atoms with van der Waals surface area (Å²) in [4.78, 5) is 13.0. The van der Waals surface area contributed by atoms with Crippen LogP contribution in [0.4, 0.5) is 0 Å². The van der Waals surface area contributed by atoms with Crippen molar-refractivity contribution in [3.8, 4) is 5.75 Å². The molecule has 1 aliphatic heterocycles. The second-order valence-corrected chi connectivity index (χ2v) is 6.86. The van der Waals surface area contributed by atoms with Crippen LogP contribution in [0, 0.1) is 13.8 Å². The van der Waals surface area contributed by atoms with E-state index in [9.17, 15) is 9.90 Å². The van der Waals surface area contributed by atoms with E-state index in [1.165, 1.54) is 0 Å². The van der Waals surface area contributed by atoms with Crippen molar-refractivity contribution in [3.63, 3.8) is 0 Å². The summed E-state index contributed by atoms with van der Waals surface area (Å²) >= 11 is 6.16. The summed E-state index contributed by atoms with van der Waals surface area (Å²) in [7, 11) is 0. The van der Waals surface area contributed by atoms with Crippen molar-refractivity contribution >= 4 is 17.5 Å². The highest BCUT2D eigenvalue weighted by Gasteiger charge is 2.31. The molecule has 1 unspecified atom stereocenters. The van der Waals surface area contributed by atoms with Crippen molar-refractivity contribution in [1.29, 1.82) is 0 Å². The van der Waals surface area contributed by atoms with Gasteiger partial charge in [-0.05, 0) is 62.9 Å². The number of aliphatic hydroxyl groups is 1. The fourth-order valence-corrected chi connectivity index (χ4v) is 3.07. The molecule has 6 heteroatoms. The first-order valence-corrected chi connectivity index (χ1v) is 8.29. The molecule has 1 aliphatic rings. The molecule has 23 heavy (non-hydrogen) atoms. The van der Waals surface area contributed by atoms with Gasteiger partial charge in [0, 0.05) is 11.6 Å². The van der Waals surface area contributed by atoms with Crippen LogP contribution in [0.15, 0.2) is 12.1 Å². The molecular formula is C17H25ClN2O3. The summed E-state index contributed by atoms with van der Waals surface area (Å²) in [6.45, 7) is 5.75. The van der Waals surface area contributed by atoms with Gasteiger partial charge in [0.25, 0.3) is 0 Å². The van der Waals surface area contributed by atoms with Gasteiger partial charge in [-0.25, -0.2) is 0 Å². The third kappa shape index (κ3) is 5.09. The molecule has 1 atom stereocenters. The number of ether oxygens (including phenoxy) is 1. The lowest BCUT2D eigenvalue weighted by atomic mass is 9.96. The third-order valence-corrected chi connectivity index (χ3v) is 4.90. The van der Waals surface area contributed by atoms with Gasteiger partial charge in [-0.15, -0.1) is 0 Å². The minimum absolute atomic E-state index is 0.234. The van der Waals surface area contributed by atoms with Crippen LogP contribution in [-0.4, -0.2) is 47.8 Å². The van der Waals surface area contributed by atoms with Crippen LogP contribution < -0.4 is 10.5 Å². The Labute approximate surface area is 142 Å². The van der Waals surface area contributed by atoms with E-state index in [0.29, 0.717) is 19.4 Å². The molecule has 0 bridgehead atoms. The Kier molecular flexibility index (Phi) is 5.89. The number of aryl methyl sites for hydroxylation is 2. The smallest absolute Gasteiger partial charge is 0.231 e. The first kappa shape index (κ1) is 18.0. The number of carbonyl (C=O) groups excluding carboxylic acids is 1. The molecule has 2 rings (SSSR count). The molecule has 1 fully saturated rings. The van der Waals surface area contributed by atoms with Gasteiger partial charge in [0.2, 0.25) is 5.91 Å². The van der Waals surface area contributed by atoms with E-state index in [0.717, 1.165) is 34.9 Å². The zero-order chi connectivity index (χ0) is 17.0. The predicted octanol–water partition coefficient (Wildman–Crippen LogP) is 2.04. The zero-order valence-corrected chi connectivity index (χ0v) is 14.5. The van der Waals surface area contributed by atoms with Gasteiger partial charge < -0.3 is 15.6 Å². The predicted molar refractivity (Wildman–Crippen MR) is 90.9 cm³/mol. The number of rotatable bonds is 5. The fraction of sp³-hybridized carbons (Fsp3) is 0.588. The lowest BCUT2D eigenvalue weighted by Crippen LogP contribution is -2.38. The van der Waals surface area contributed by atoms with Crippen LogP contribution >= 0.6 is 11.6 Å². The second-order valence-electron chi connectivity index (χ2n) is 6.48. The second kappa shape index (κ2) is 7.51. The Morgan fingerprint density at radius 1 is 1.35 bits per heavy atom. The molecule has 0 radical (unpaired) electrons. The molecule has 1 heterocycles. The van der Waals surface area contributed by atoms with Gasteiger partial charge in [-0.2, -0.15) is 0 Å². The number of halogens is 1. The van der Waals surface area contributed by atoms with Gasteiger partial charge in [0.1, 0.15) is 12.4 Å². The zero-order valence-electron chi connectivity index (χ0n) is 13.8. The summed E-state index contributed by atoms with van der Waals surface area (Å²) in [5.41, 5.74) is 6.28. The molecule has 5 nitrogen and oxygen atoms in total. The number of carbonyl (C=O) groups is 1. The van der Waals surface area contributed by atoms with E-state index >= 15 is 0 Å². The lowest BCUT2D eigenvalue weighted by molar-refractivity contribution is -0.119. The number of primary amides is 1. The van der Waals surface area contributed by atoms with Crippen molar-refractivity contribution in [1.82, 2.24) is 4.90 Å². The molecule has 1 aromatic carbocycles. The maximum absolute atomic E-state index is 11.0. The highest BCUT2D eigenvalue weighted by Crippen LogP contribution is 2.28. The Bertz CT molecular complexity index is 556. The summed E-state index contributed by atoms with van der Waals surface area (Å²) in [5, 5.41) is 11.5. The average molecular weight is 341 g/mol. The average Bonchev–Trinajstić information content (AvgIpc) is 2.65. The van der Waals surface area contributed by atoms with Crippen LogP contribution in [0.3, 0.4) is 0 Å². The summed E-state index contributed by atoms with van der Waals surface area (Å²) in [6.07, 6.45) is 2.02. The molecule has 0 saturated carbocycles. The van der Waals surface area contributed by atoms with Gasteiger partial charge in [-0.3, -0.25) is 9.69 Å².